The van der Waals surface area contributed by atoms with Gasteiger partial charge in [0.1, 0.15) is 24.2 Å². The molecule has 2 aliphatic rings. The second-order valence-corrected chi connectivity index (χ2v) is 9.65. The molecule has 0 spiro atoms. The first-order valence-corrected chi connectivity index (χ1v) is 12.9. The number of methoxy groups -OCH3 is 2. The molecule has 0 fully saturated rings. The second-order valence-electron chi connectivity index (χ2n) is 8.77. The molecule has 0 amide bonds. The Morgan fingerprint density at radius 2 is 1.72 bits per heavy atom. The van der Waals surface area contributed by atoms with Crippen molar-refractivity contribution in [2.45, 2.75) is 24.0 Å². The highest BCUT2D eigenvalue weighted by Gasteiger charge is 2.41. The minimum Gasteiger partial charge on any atom is -0.493 e. The number of nitrogens with zero attached hydrogens (tertiary/aromatic N) is 3. The molecule has 0 bridgehead atoms. The van der Waals surface area contributed by atoms with Gasteiger partial charge in [0.2, 0.25) is 5.95 Å². The van der Waals surface area contributed by atoms with Crippen molar-refractivity contribution in [3.63, 3.8) is 0 Å². The van der Waals surface area contributed by atoms with E-state index in [1.54, 1.807) is 32.3 Å². The van der Waals surface area contributed by atoms with Gasteiger partial charge in [-0.05, 0) is 60.7 Å². The second kappa shape index (κ2) is 8.95. The fraction of sp³-hybridized carbons (Fsp3) is 0.214. The van der Waals surface area contributed by atoms with Crippen molar-refractivity contribution in [3.05, 3.63) is 94.8 Å². The van der Waals surface area contributed by atoms with Crippen LogP contribution in [0.1, 0.15) is 34.4 Å². The van der Waals surface area contributed by atoms with E-state index in [1.165, 1.54) is 4.90 Å². The van der Waals surface area contributed by atoms with Crippen LogP contribution in [0.2, 0.25) is 0 Å². The van der Waals surface area contributed by atoms with Gasteiger partial charge in [-0.25, -0.2) is 4.68 Å². The number of aromatic nitrogens is 3. The number of rotatable bonds is 5. The highest BCUT2D eigenvalue weighted by atomic mass is 32.2. The van der Waals surface area contributed by atoms with Crippen LogP contribution < -0.4 is 19.5 Å². The first-order valence-electron chi connectivity index (χ1n) is 11.7. The first kappa shape index (κ1) is 22.5. The third-order valence-electron chi connectivity index (χ3n) is 6.71. The average molecular weight is 499 g/mol. The summed E-state index contributed by atoms with van der Waals surface area (Å²) in [6.07, 6.45) is 3.33. The molecule has 0 aliphatic carbocycles. The summed E-state index contributed by atoms with van der Waals surface area (Å²) in [5, 5.41) is 8.18. The molecule has 2 atom stereocenters. The van der Waals surface area contributed by atoms with Crippen LogP contribution in [0, 0.1) is 6.92 Å². The van der Waals surface area contributed by atoms with Crippen LogP contribution in [-0.2, 0) is 0 Å². The molecule has 0 saturated carbocycles. The molecule has 6 rings (SSSR count). The monoisotopic (exact) mass is 498 g/mol. The Labute approximate surface area is 214 Å². The van der Waals surface area contributed by atoms with Gasteiger partial charge >= 0.3 is 0 Å². The highest BCUT2D eigenvalue weighted by molar-refractivity contribution is 7.98. The largest absolute Gasteiger partial charge is 0.493 e. The summed E-state index contributed by atoms with van der Waals surface area (Å²) in [6, 6.07) is 20.5. The van der Waals surface area contributed by atoms with Gasteiger partial charge in [-0.3, -0.25) is 0 Å². The van der Waals surface area contributed by atoms with Crippen LogP contribution in [0.15, 0.2) is 77.5 Å². The maximum atomic E-state index is 6.74. The Balaban J connectivity index is 1.60. The standard InChI is InChI=1S/C28H26N4O3S/c1-16-5-11-21-20(13-16)25-24(27(35-21)17-6-9-19(36-4)10-7-17)26(32-28(31-25)29-15-30-32)18-8-12-22(33-2)23(14-18)34-3/h5-15,26-27H,1-4H3,(H,29,30,31)/t26-,27-/m1/s1. The Morgan fingerprint density at radius 3 is 2.47 bits per heavy atom. The van der Waals surface area contributed by atoms with Crippen molar-refractivity contribution < 1.29 is 14.2 Å². The molecule has 0 saturated heterocycles. The van der Waals surface area contributed by atoms with Gasteiger partial charge in [0.25, 0.3) is 0 Å². The molecule has 1 aromatic heterocycles. The summed E-state index contributed by atoms with van der Waals surface area (Å²) in [5.41, 5.74) is 6.31. The number of aryl methyl sites for hydroxylation is 1. The molecule has 0 unspecified atom stereocenters. The number of hydrogen-bond donors (Lipinski definition) is 1. The lowest BCUT2D eigenvalue weighted by Gasteiger charge is -2.39. The molecule has 36 heavy (non-hydrogen) atoms. The van der Waals surface area contributed by atoms with Gasteiger partial charge in [-0.2, -0.15) is 10.1 Å². The predicted octanol–water partition coefficient (Wildman–Crippen LogP) is 5.89. The molecular weight excluding hydrogens is 472 g/mol. The molecule has 3 aromatic carbocycles. The van der Waals surface area contributed by atoms with E-state index in [-0.39, 0.29) is 12.1 Å². The van der Waals surface area contributed by atoms with E-state index in [1.807, 2.05) is 28.9 Å². The minimum atomic E-state index is -0.325. The molecule has 1 N–H and O–H groups in total. The lowest BCUT2D eigenvalue weighted by atomic mass is 9.84. The third-order valence-corrected chi connectivity index (χ3v) is 7.45. The zero-order valence-corrected chi connectivity index (χ0v) is 21.3. The maximum absolute atomic E-state index is 6.74. The zero-order chi connectivity index (χ0) is 24.8. The fourth-order valence-corrected chi connectivity index (χ4v) is 5.39. The summed E-state index contributed by atoms with van der Waals surface area (Å²) in [5.74, 6) is 2.85. The fourth-order valence-electron chi connectivity index (χ4n) is 4.98. The number of hydrogen-bond acceptors (Lipinski definition) is 7. The van der Waals surface area contributed by atoms with Gasteiger partial charge in [-0.1, -0.05) is 29.8 Å². The number of nitrogens with one attached hydrogen (secondary N) is 1. The molecule has 2 aliphatic heterocycles. The van der Waals surface area contributed by atoms with E-state index in [4.69, 9.17) is 14.2 Å². The van der Waals surface area contributed by atoms with Crippen LogP contribution in [0.25, 0.3) is 5.70 Å². The molecule has 182 valence electrons. The van der Waals surface area contributed by atoms with Gasteiger partial charge in [0.15, 0.2) is 11.5 Å². The van der Waals surface area contributed by atoms with E-state index in [0.29, 0.717) is 17.4 Å². The number of thioether (sulfide) groups is 1. The van der Waals surface area contributed by atoms with E-state index in [2.05, 4.69) is 65.0 Å². The smallest absolute Gasteiger partial charge is 0.226 e. The topological polar surface area (TPSA) is 70.4 Å². The molecule has 4 aromatic rings. The number of benzene rings is 3. The lowest BCUT2D eigenvalue weighted by molar-refractivity contribution is 0.223. The molecule has 7 nitrogen and oxygen atoms in total. The van der Waals surface area contributed by atoms with Crippen LogP contribution in [0.3, 0.4) is 0 Å². The summed E-state index contributed by atoms with van der Waals surface area (Å²) < 4.78 is 19.8. The van der Waals surface area contributed by atoms with Gasteiger partial charge < -0.3 is 19.5 Å². The van der Waals surface area contributed by atoms with Crippen molar-refractivity contribution in [3.8, 4) is 17.2 Å². The lowest BCUT2D eigenvalue weighted by Crippen LogP contribution is -2.32. The summed E-state index contributed by atoms with van der Waals surface area (Å²) in [4.78, 5) is 5.73. The third kappa shape index (κ3) is 3.60. The Bertz CT molecular complexity index is 1480. The van der Waals surface area contributed by atoms with Crippen molar-refractivity contribution in [1.82, 2.24) is 14.8 Å². The zero-order valence-electron chi connectivity index (χ0n) is 20.5. The Kier molecular flexibility index (Phi) is 5.60. The normalized spacial score (nSPS) is 17.9. The van der Waals surface area contributed by atoms with Crippen LogP contribution in [0.5, 0.6) is 17.2 Å². The number of anilines is 1. The van der Waals surface area contributed by atoms with Gasteiger partial charge in [0, 0.05) is 16.0 Å². The van der Waals surface area contributed by atoms with Crippen molar-refractivity contribution >= 4 is 23.4 Å². The maximum Gasteiger partial charge on any atom is 0.226 e. The molecule has 3 heterocycles. The Morgan fingerprint density at radius 1 is 0.944 bits per heavy atom. The van der Waals surface area contributed by atoms with E-state index < -0.39 is 0 Å². The van der Waals surface area contributed by atoms with Crippen LogP contribution in [0.4, 0.5) is 5.95 Å². The van der Waals surface area contributed by atoms with E-state index >= 15 is 0 Å². The summed E-state index contributed by atoms with van der Waals surface area (Å²) in [6.45, 7) is 2.09. The molecular formula is C28H26N4O3S. The highest BCUT2D eigenvalue weighted by Crippen LogP contribution is 2.51. The molecule has 8 heteroatoms. The van der Waals surface area contributed by atoms with Gasteiger partial charge in [-0.15, -0.1) is 11.8 Å². The first-order chi connectivity index (χ1) is 17.6. The average Bonchev–Trinajstić information content (AvgIpc) is 3.39. The minimum absolute atomic E-state index is 0.266. The van der Waals surface area contributed by atoms with Crippen molar-refractivity contribution in [2.24, 2.45) is 0 Å². The summed E-state index contributed by atoms with van der Waals surface area (Å²) >= 11 is 1.72. The van der Waals surface area contributed by atoms with Crippen molar-refractivity contribution in [1.29, 1.82) is 0 Å². The number of fused-ring (bicyclic) bond motifs is 3. The van der Waals surface area contributed by atoms with Crippen LogP contribution >= 0.6 is 11.8 Å². The number of ether oxygens (including phenoxy) is 3. The van der Waals surface area contributed by atoms with Crippen LogP contribution in [-0.4, -0.2) is 35.2 Å². The van der Waals surface area contributed by atoms with Gasteiger partial charge in [0.05, 0.1) is 19.9 Å². The van der Waals surface area contributed by atoms with E-state index in [0.717, 1.165) is 39.3 Å². The Hall–Kier alpha value is -3.91. The van der Waals surface area contributed by atoms with E-state index in [9.17, 15) is 0 Å². The van der Waals surface area contributed by atoms with Crippen molar-refractivity contribution in [2.75, 3.05) is 25.8 Å². The predicted molar refractivity (Wildman–Crippen MR) is 141 cm³/mol. The quantitative estimate of drug-likeness (QED) is 0.344. The molecule has 0 radical (unpaired) electrons. The summed E-state index contributed by atoms with van der Waals surface area (Å²) in [7, 11) is 3.29. The SMILES string of the molecule is COc1ccc([C@@H]2C3=C(Nc4ncnn42)c2cc(C)ccc2O[C@@H]3c2ccc(SC)cc2)cc1OC.